The molecule has 1 unspecified atom stereocenters. The van der Waals surface area contributed by atoms with Crippen LogP contribution in [0.2, 0.25) is 0 Å². The highest BCUT2D eigenvalue weighted by Crippen LogP contribution is 2.15. The molecule has 2 amide bonds. The lowest BCUT2D eigenvalue weighted by molar-refractivity contribution is -0.128. The molecule has 0 aliphatic carbocycles. The molecule has 1 aromatic carbocycles. The normalized spacial score (nSPS) is 12.7. The van der Waals surface area contributed by atoms with Crippen molar-refractivity contribution < 1.29 is 23.5 Å². The number of hydrogen-bond acceptors (Lipinski definition) is 7. The number of amides is 2. The smallest absolute Gasteiger partial charge is 0.408 e. The Morgan fingerprint density at radius 3 is 2.44 bits per heavy atom. The first-order chi connectivity index (χ1) is 16.4. The highest BCUT2D eigenvalue weighted by molar-refractivity contribution is 7.99. The third-order valence-corrected chi connectivity index (χ3v) is 6.48. The molecule has 0 radical (unpaired) electrons. The summed E-state index contributed by atoms with van der Waals surface area (Å²) >= 11 is 3.07. The first-order valence-corrected chi connectivity index (χ1v) is 13.8. The maximum Gasteiger partial charge on any atom is 0.408 e. The molecule has 9 heteroatoms. The number of Topliss-reactive ketones (excluding diaryl/α,β-unsaturated/α-hetero) is 1. The second-order valence-electron chi connectivity index (χ2n) is 8.27. The van der Waals surface area contributed by atoms with Gasteiger partial charge in [0.1, 0.15) is 18.4 Å². The summed E-state index contributed by atoms with van der Waals surface area (Å²) in [7, 11) is 0. The van der Waals surface area contributed by atoms with Crippen molar-refractivity contribution in [2.45, 2.75) is 51.1 Å². The second-order valence-corrected chi connectivity index (χ2v) is 10.2. The summed E-state index contributed by atoms with van der Waals surface area (Å²) in [6, 6.07) is 11.7. The van der Waals surface area contributed by atoms with E-state index in [4.69, 9.17) is 9.15 Å². The minimum atomic E-state index is -0.788. The number of benzene rings is 1. The number of thioether (sulfide) groups is 2. The Labute approximate surface area is 210 Å². The van der Waals surface area contributed by atoms with Gasteiger partial charge < -0.3 is 19.8 Å². The minimum Gasteiger partial charge on any atom is -0.468 e. The van der Waals surface area contributed by atoms with Gasteiger partial charge in [0, 0.05) is 0 Å². The quantitative estimate of drug-likeness (QED) is 0.339. The molecule has 0 aliphatic rings. The van der Waals surface area contributed by atoms with Gasteiger partial charge in [0.2, 0.25) is 5.91 Å². The zero-order valence-corrected chi connectivity index (χ0v) is 21.6. The maximum absolute atomic E-state index is 13.1. The van der Waals surface area contributed by atoms with Crippen molar-refractivity contribution in [2.24, 2.45) is 5.92 Å². The Kier molecular flexibility index (Phi) is 12.7. The van der Waals surface area contributed by atoms with E-state index in [0.29, 0.717) is 30.1 Å². The van der Waals surface area contributed by atoms with Crippen LogP contribution in [0.4, 0.5) is 4.79 Å². The highest BCUT2D eigenvalue weighted by atomic mass is 32.2. The van der Waals surface area contributed by atoms with E-state index in [1.165, 1.54) is 11.8 Å². The van der Waals surface area contributed by atoms with Crippen LogP contribution in [0, 0.1) is 5.92 Å². The van der Waals surface area contributed by atoms with Crippen LogP contribution in [-0.2, 0) is 26.7 Å². The summed E-state index contributed by atoms with van der Waals surface area (Å²) in [5, 5.41) is 5.54. The largest absolute Gasteiger partial charge is 0.468 e. The number of alkyl carbamates (subject to hydrolysis) is 1. The van der Waals surface area contributed by atoms with Gasteiger partial charge in [0.15, 0.2) is 5.78 Å². The SMILES string of the molecule is CSCC(=O)C(CCSCc1ccco1)NC(=O)[C@H](CC(C)C)NC(=O)OCc1ccccc1. The lowest BCUT2D eigenvalue weighted by Crippen LogP contribution is -2.52. The average Bonchev–Trinajstić information content (AvgIpc) is 3.33. The van der Waals surface area contributed by atoms with Crippen LogP contribution in [0.5, 0.6) is 0 Å². The van der Waals surface area contributed by atoms with Crippen molar-refractivity contribution in [3.63, 3.8) is 0 Å². The van der Waals surface area contributed by atoms with Crippen LogP contribution in [-0.4, -0.2) is 47.6 Å². The molecule has 186 valence electrons. The molecule has 0 bridgehead atoms. The minimum absolute atomic E-state index is 0.0330. The molecule has 0 saturated heterocycles. The number of ether oxygens (including phenoxy) is 1. The lowest BCUT2D eigenvalue weighted by atomic mass is 10.0. The van der Waals surface area contributed by atoms with E-state index in [1.807, 2.05) is 62.6 Å². The van der Waals surface area contributed by atoms with Crippen LogP contribution in [0.25, 0.3) is 0 Å². The van der Waals surface area contributed by atoms with E-state index in [-0.39, 0.29) is 24.2 Å². The van der Waals surface area contributed by atoms with Gasteiger partial charge >= 0.3 is 6.09 Å². The van der Waals surface area contributed by atoms with E-state index in [2.05, 4.69) is 10.6 Å². The summed E-state index contributed by atoms with van der Waals surface area (Å²) in [4.78, 5) is 38.1. The van der Waals surface area contributed by atoms with Crippen LogP contribution in [0.3, 0.4) is 0 Å². The fraction of sp³-hybridized carbons (Fsp3) is 0.480. The predicted octanol–water partition coefficient (Wildman–Crippen LogP) is 4.66. The van der Waals surface area contributed by atoms with Gasteiger partial charge in [-0.25, -0.2) is 4.79 Å². The second kappa shape index (κ2) is 15.5. The van der Waals surface area contributed by atoms with Gasteiger partial charge in [-0.15, -0.1) is 0 Å². The van der Waals surface area contributed by atoms with Crippen molar-refractivity contribution in [3.05, 3.63) is 60.1 Å². The van der Waals surface area contributed by atoms with Crippen LogP contribution < -0.4 is 10.6 Å². The Morgan fingerprint density at radius 2 is 1.79 bits per heavy atom. The topological polar surface area (TPSA) is 97.6 Å². The van der Waals surface area contributed by atoms with E-state index in [1.54, 1.807) is 18.0 Å². The van der Waals surface area contributed by atoms with Gasteiger partial charge in [-0.2, -0.15) is 23.5 Å². The fourth-order valence-corrected chi connectivity index (χ4v) is 4.61. The van der Waals surface area contributed by atoms with Crippen LogP contribution in [0.1, 0.15) is 38.0 Å². The lowest BCUT2D eigenvalue weighted by Gasteiger charge is -2.23. The molecular weight excluding hydrogens is 472 g/mol. The Bertz CT molecular complexity index is 875. The van der Waals surface area contributed by atoms with E-state index >= 15 is 0 Å². The number of hydrogen-bond donors (Lipinski definition) is 2. The van der Waals surface area contributed by atoms with Crippen molar-refractivity contribution in [3.8, 4) is 0 Å². The number of furan rings is 1. The van der Waals surface area contributed by atoms with Crippen molar-refractivity contribution in [1.82, 2.24) is 10.6 Å². The van der Waals surface area contributed by atoms with Crippen molar-refractivity contribution in [1.29, 1.82) is 0 Å². The fourth-order valence-electron chi connectivity index (χ4n) is 3.21. The molecule has 1 heterocycles. The first-order valence-electron chi connectivity index (χ1n) is 11.3. The van der Waals surface area contributed by atoms with Crippen molar-refractivity contribution >= 4 is 41.3 Å². The molecule has 0 fully saturated rings. The molecule has 0 spiro atoms. The number of nitrogens with one attached hydrogen (secondary N) is 2. The molecule has 0 aliphatic heterocycles. The number of carbonyl (C=O) groups excluding carboxylic acids is 3. The van der Waals surface area contributed by atoms with Gasteiger partial charge in [-0.05, 0) is 48.5 Å². The van der Waals surface area contributed by atoms with E-state index < -0.39 is 18.2 Å². The standard InChI is InChI=1S/C25H34N2O5S2/c1-18(2)14-22(27-25(30)32-15-19-8-5-4-6-9-19)24(29)26-21(23(28)17-33-3)11-13-34-16-20-10-7-12-31-20/h4-10,12,18,21-22H,11,13-17H2,1-3H3,(H,26,29)(H,27,30)/t21?,22-/m0/s1. The molecule has 2 N–H and O–H groups in total. The third-order valence-electron chi connectivity index (χ3n) is 4.90. The third kappa shape index (κ3) is 10.7. The van der Waals surface area contributed by atoms with Crippen LogP contribution in [0.15, 0.2) is 53.1 Å². The van der Waals surface area contributed by atoms with E-state index in [9.17, 15) is 14.4 Å². The maximum atomic E-state index is 13.1. The molecule has 7 nitrogen and oxygen atoms in total. The van der Waals surface area contributed by atoms with Gasteiger partial charge in [0.05, 0.1) is 23.8 Å². The Morgan fingerprint density at radius 1 is 1.03 bits per heavy atom. The summed E-state index contributed by atoms with van der Waals surface area (Å²) in [5.74, 6) is 2.33. The summed E-state index contributed by atoms with van der Waals surface area (Å²) in [5.41, 5.74) is 0.859. The monoisotopic (exact) mass is 506 g/mol. The summed E-state index contributed by atoms with van der Waals surface area (Å²) in [6.45, 7) is 4.06. The van der Waals surface area contributed by atoms with Crippen LogP contribution >= 0.6 is 23.5 Å². The Balaban J connectivity index is 1.92. The zero-order chi connectivity index (χ0) is 24.8. The van der Waals surface area contributed by atoms with E-state index in [0.717, 1.165) is 11.3 Å². The highest BCUT2D eigenvalue weighted by Gasteiger charge is 2.27. The van der Waals surface area contributed by atoms with Gasteiger partial charge in [-0.1, -0.05) is 44.2 Å². The number of rotatable bonds is 15. The molecule has 0 saturated carbocycles. The number of carbonyl (C=O) groups is 3. The molecule has 1 aromatic heterocycles. The predicted molar refractivity (Wildman–Crippen MR) is 138 cm³/mol. The van der Waals surface area contributed by atoms with Gasteiger partial charge in [0.25, 0.3) is 0 Å². The molecule has 2 rings (SSSR count). The average molecular weight is 507 g/mol. The molecule has 2 aromatic rings. The molecule has 34 heavy (non-hydrogen) atoms. The summed E-state index contributed by atoms with van der Waals surface area (Å²) in [6.07, 6.45) is 3.76. The summed E-state index contributed by atoms with van der Waals surface area (Å²) < 4.78 is 10.6. The van der Waals surface area contributed by atoms with Gasteiger partial charge in [-0.3, -0.25) is 9.59 Å². The zero-order valence-electron chi connectivity index (χ0n) is 20.0. The molecule has 2 atom stereocenters. The van der Waals surface area contributed by atoms with Crippen molar-refractivity contribution in [2.75, 3.05) is 17.8 Å². The Hall–Kier alpha value is -2.39. The number of ketones is 1. The first kappa shape index (κ1) is 27.9. The molecular formula is C25H34N2O5S2.